The van der Waals surface area contributed by atoms with E-state index < -0.39 is 0 Å². The summed E-state index contributed by atoms with van der Waals surface area (Å²) in [5, 5.41) is 13.6. The molecule has 18 heavy (non-hydrogen) atoms. The highest BCUT2D eigenvalue weighted by molar-refractivity contribution is 6.30. The Bertz CT molecular complexity index is 513. The minimum absolute atomic E-state index is 0.0391. The molecule has 0 spiro atoms. The molecule has 3 heteroatoms. The fourth-order valence-electron chi connectivity index (χ4n) is 1.99. The van der Waals surface area contributed by atoms with Crippen molar-refractivity contribution in [3.63, 3.8) is 0 Å². The molecule has 0 saturated carbocycles. The molecule has 2 N–H and O–H groups in total. The van der Waals surface area contributed by atoms with Crippen molar-refractivity contribution >= 4 is 17.3 Å². The zero-order chi connectivity index (χ0) is 13.0. The van der Waals surface area contributed by atoms with Crippen LogP contribution in [0.5, 0.6) is 0 Å². The third-order valence-corrected chi connectivity index (χ3v) is 3.14. The molecule has 2 aromatic carbocycles. The van der Waals surface area contributed by atoms with Gasteiger partial charge < -0.3 is 10.4 Å². The first-order valence-corrected chi connectivity index (χ1v) is 6.27. The molecule has 0 aliphatic carbocycles. The standard InChI is InChI=1S/C15H16ClNO/c1-11-9-12(16)7-8-14(11)15(10-18)17-13-5-3-2-4-6-13/h2-9,15,17-18H,10H2,1H3. The first-order chi connectivity index (χ1) is 8.70. The largest absolute Gasteiger partial charge is 0.394 e. The number of nitrogens with one attached hydrogen (secondary N) is 1. The average molecular weight is 262 g/mol. The molecule has 0 aromatic heterocycles. The molecule has 1 unspecified atom stereocenters. The maximum Gasteiger partial charge on any atom is 0.0747 e. The number of aliphatic hydroxyl groups excluding tert-OH is 1. The topological polar surface area (TPSA) is 32.3 Å². The Morgan fingerprint density at radius 1 is 1.17 bits per heavy atom. The summed E-state index contributed by atoms with van der Waals surface area (Å²) in [5.41, 5.74) is 3.13. The Balaban J connectivity index is 2.23. The summed E-state index contributed by atoms with van der Waals surface area (Å²) in [6.45, 7) is 2.04. The van der Waals surface area contributed by atoms with E-state index in [1.165, 1.54) is 0 Å². The van der Waals surface area contributed by atoms with E-state index in [0.29, 0.717) is 5.02 Å². The highest BCUT2D eigenvalue weighted by Gasteiger charge is 2.12. The van der Waals surface area contributed by atoms with E-state index in [1.54, 1.807) is 0 Å². The molecule has 0 fully saturated rings. The van der Waals surface area contributed by atoms with Gasteiger partial charge >= 0.3 is 0 Å². The zero-order valence-electron chi connectivity index (χ0n) is 10.2. The molecule has 94 valence electrons. The van der Waals surface area contributed by atoms with Crippen LogP contribution in [0.3, 0.4) is 0 Å². The Kier molecular flexibility index (Phi) is 4.24. The number of rotatable bonds is 4. The second-order valence-electron chi connectivity index (χ2n) is 4.25. The number of benzene rings is 2. The van der Waals surface area contributed by atoms with Gasteiger partial charge in [0.25, 0.3) is 0 Å². The fourth-order valence-corrected chi connectivity index (χ4v) is 2.21. The Hall–Kier alpha value is -1.51. The first-order valence-electron chi connectivity index (χ1n) is 5.89. The summed E-state index contributed by atoms with van der Waals surface area (Å²) < 4.78 is 0. The SMILES string of the molecule is Cc1cc(Cl)ccc1C(CO)Nc1ccccc1. The van der Waals surface area contributed by atoms with Crippen molar-refractivity contribution in [2.24, 2.45) is 0 Å². The van der Waals surface area contributed by atoms with Crippen LogP contribution in [0.15, 0.2) is 48.5 Å². The van der Waals surface area contributed by atoms with Gasteiger partial charge in [-0.15, -0.1) is 0 Å². The number of aliphatic hydroxyl groups is 1. The second kappa shape index (κ2) is 5.89. The van der Waals surface area contributed by atoms with Crippen LogP contribution < -0.4 is 5.32 Å². The third kappa shape index (κ3) is 3.03. The summed E-state index contributed by atoms with van der Waals surface area (Å²) in [7, 11) is 0. The lowest BCUT2D eigenvalue weighted by molar-refractivity contribution is 0.276. The van der Waals surface area contributed by atoms with Crippen molar-refractivity contribution in [2.75, 3.05) is 11.9 Å². The maximum atomic E-state index is 9.54. The van der Waals surface area contributed by atoms with Crippen molar-refractivity contribution in [3.05, 3.63) is 64.7 Å². The number of halogens is 1. The molecule has 0 heterocycles. The highest BCUT2D eigenvalue weighted by Crippen LogP contribution is 2.24. The molecular formula is C15H16ClNO. The lowest BCUT2D eigenvalue weighted by Crippen LogP contribution is -2.15. The van der Waals surface area contributed by atoms with Crippen LogP contribution in [0.1, 0.15) is 17.2 Å². The van der Waals surface area contributed by atoms with Crippen molar-refractivity contribution < 1.29 is 5.11 Å². The van der Waals surface area contributed by atoms with E-state index in [1.807, 2.05) is 55.5 Å². The van der Waals surface area contributed by atoms with Crippen LogP contribution in [-0.2, 0) is 0 Å². The van der Waals surface area contributed by atoms with Crippen molar-refractivity contribution in [3.8, 4) is 0 Å². The van der Waals surface area contributed by atoms with Gasteiger partial charge in [0.15, 0.2) is 0 Å². The first kappa shape index (κ1) is 12.9. The summed E-state index contributed by atoms with van der Waals surface area (Å²) in [6.07, 6.45) is 0. The Morgan fingerprint density at radius 2 is 1.89 bits per heavy atom. The van der Waals surface area contributed by atoms with Gasteiger partial charge in [0, 0.05) is 10.7 Å². The van der Waals surface area contributed by atoms with E-state index in [4.69, 9.17) is 11.6 Å². The van der Waals surface area contributed by atoms with Gasteiger partial charge in [-0.2, -0.15) is 0 Å². The smallest absolute Gasteiger partial charge is 0.0747 e. The van der Waals surface area contributed by atoms with Crippen molar-refractivity contribution in [1.29, 1.82) is 0 Å². The van der Waals surface area contributed by atoms with E-state index >= 15 is 0 Å². The van der Waals surface area contributed by atoms with Gasteiger partial charge in [0.2, 0.25) is 0 Å². The van der Waals surface area contributed by atoms with E-state index in [2.05, 4.69) is 5.32 Å². The van der Waals surface area contributed by atoms with Crippen LogP contribution in [0, 0.1) is 6.92 Å². The number of aryl methyl sites for hydroxylation is 1. The van der Waals surface area contributed by atoms with E-state index in [9.17, 15) is 5.11 Å². The lowest BCUT2D eigenvalue weighted by Gasteiger charge is -2.20. The predicted molar refractivity (Wildman–Crippen MR) is 76.1 cm³/mol. The summed E-state index contributed by atoms with van der Waals surface area (Å²) in [4.78, 5) is 0. The summed E-state index contributed by atoms with van der Waals surface area (Å²) in [6, 6.07) is 15.4. The molecule has 0 amide bonds. The minimum Gasteiger partial charge on any atom is -0.394 e. The highest BCUT2D eigenvalue weighted by atomic mass is 35.5. The molecule has 0 bridgehead atoms. The Morgan fingerprint density at radius 3 is 2.50 bits per heavy atom. The van der Waals surface area contributed by atoms with Crippen LogP contribution in [0.25, 0.3) is 0 Å². The number of hydrogen-bond acceptors (Lipinski definition) is 2. The van der Waals surface area contributed by atoms with Crippen LogP contribution in [-0.4, -0.2) is 11.7 Å². The minimum atomic E-state index is -0.121. The number of hydrogen-bond donors (Lipinski definition) is 2. The molecule has 0 aliphatic heterocycles. The van der Waals surface area contributed by atoms with Gasteiger partial charge in [-0.25, -0.2) is 0 Å². The second-order valence-corrected chi connectivity index (χ2v) is 4.68. The van der Waals surface area contributed by atoms with Crippen molar-refractivity contribution in [2.45, 2.75) is 13.0 Å². The quantitative estimate of drug-likeness (QED) is 0.878. The Labute approximate surface area is 112 Å². The predicted octanol–water partition coefficient (Wildman–Crippen LogP) is 3.79. The number of para-hydroxylation sites is 1. The molecule has 2 aromatic rings. The maximum absolute atomic E-state index is 9.54. The third-order valence-electron chi connectivity index (χ3n) is 2.90. The average Bonchev–Trinajstić information content (AvgIpc) is 2.38. The van der Waals surface area contributed by atoms with E-state index in [-0.39, 0.29) is 12.6 Å². The molecule has 0 saturated heterocycles. The summed E-state index contributed by atoms with van der Waals surface area (Å²) in [5.74, 6) is 0. The summed E-state index contributed by atoms with van der Waals surface area (Å²) >= 11 is 5.94. The zero-order valence-corrected chi connectivity index (χ0v) is 11.0. The van der Waals surface area contributed by atoms with Crippen LogP contribution in [0.2, 0.25) is 5.02 Å². The molecular weight excluding hydrogens is 246 g/mol. The monoisotopic (exact) mass is 261 g/mol. The van der Waals surface area contributed by atoms with E-state index in [0.717, 1.165) is 16.8 Å². The van der Waals surface area contributed by atoms with Crippen LogP contribution in [0.4, 0.5) is 5.69 Å². The molecule has 0 radical (unpaired) electrons. The van der Waals surface area contributed by atoms with Gasteiger partial charge in [-0.05, 0) is 42.3 Å². The molecule has 2 rings (SSSR count). The van der Waals surface area contributed by atoms with Crippen molar-refractivity contribution in [1.82, 2.24) is 0 Å². The molecule has 1 atom stereocenters. The fraction of sp³-hybridized carbons (Fsp3) is 0.200. The van der Waals surface area contributed by atoms with Crippen LogP contribution >= 0.6 is 11.6 Å². The molecule has 0 aliphatic rings. The van der Waals surface area contributed by atoms with Gasteiger partial charge in [-0.1, -0.05) is 35.9 Å². The van der Waals surface area contributed by atoms with Gasteiger partial charge in [0.1, 0.15) is 0 Å². The van der Waals surface area contributed by atoms with Gasteiger partial charge in [0.05, 0.1) is 12.6 Å². The van der Waals surface area contributed by atoms with Gasteiger partial charge in [-0.3, -0.25) is 0 Å². The number of anilines is 1. The molecule has 2 nitrogen and oxygen atoms in total. The normalized spacial score (nSPS) is 12.2. The lowest BCUT2D eigenvalue weighted by atomic mass is 10.0.